The molecule has 5 heteroatoms. The predicted octanol–water partition coefficient (Wildman–Crippen LogP) is 3.75. The van der Waals surface area contributed by atoms with Crippen LogP contribution in [-0.2, 0) is 6.42 Å². The molecule has 2 aromatic rings. The van der Waals surface area contributed by atoms with Gasteiger partial charge in [0.05, 0.1) is 11.3 Å². The van der Waals surface area contributed by atoms with Gasteiger partial charge in [0.15, 0.2) is 0 Å². The Hall–Kier alpha value is -2.43. The zero-order valence-corrected chi connectivity index (χ0v) is 14.3. The molecule has 4 nitrogen and oxygen atoms in total. The Morgan fingerprint density at radius 2 is 2.00 bits per heavy atom. The monoisotopic (exact) mass is 329 g/mol. The molecule has 0 fully saturated rings. The van der Waals surface area contributed by atoms with Crippen LogP contribution in [0.5, 0.6) is 0 Å². The van der Waals surface area contributed by atoms with Gasteiger partial charge in [-0.15, -0.1) is 0 Å². The molecule has 0 saturated carbocycles. The van der Waals surface area contributed by atoms with Crippen LogP contribution in [0.25, 0.3) is 0 Å². The number of nitrogens with one attached hydrogen (secondary N) is 1. The normalized spacial score (nSPS) is 10.5. The van der Waals surface area contributed by atoms with Gasteiger partial charge in [0.2, 0.25) is 0 Å². The molecule has 0 radical (unpaired) electrons. The van der Waals surface area contributed by atoms with E-state index >= 15 is 0 Å². The fraction of sp³-hybridized carbons (Fsp3) is 0.368. The lowest BCUT2D eigenvalue weighted by Crippen LogP contribution is -2.27. The minimum Gasteiger partial charge on any atom is -0.383 e. The maximum atomic E-state index is 12.9. The number of unbranched alkanes of at least 4 members (excludes halogenated alkanes) is 1. The summed E-state index contributed by atoms with van der Waals surface area (Å²) in [6.07, 6.45) is 6.12. The van der Waals surface area contributed by atoms with Gasteiger partial charge in [-0.3, -0.25) is 9.78 Å². The smallest absolute Gasteiger partial charge is 0.255 e. The van der Waals surface area contributed by atoms with Gasteiger partial charge < -0.3 is 10.2 Å². The van der Waals surface area contributed by atoms with Gasteiger partial charge in [-0.05, 0) is 36.6 Å². The third kappa shape index (κ3) is 5.33. The average Bonchev–Trinajstić information content (AvgIpc) is 2.61. The van der Waals surface area contributed by atoms with Crippen molar-refractivity contribution < 1.29 is 9.18 Å². The van der Waals surface area contributed by atoms with Crippen molar-refractivity contribution in [3.05, 3.63) is 59.7 Å². The van der Waals surface area contributed by atoms with Crippen LogP contribution in [0.2, 0.25) is 0 Å². The van der Waals surface area contributed by atoms with Crippen LogP contribution in [-0.4, -0.2) is 35.9 Å². The maximum absolute atomic E-state index is 12.9. The highest BCUT2D eigenvalue weighted by atomic mass is 19.1. The van der Waals surface area contributed by atoms with Crippen molar-refractivity contribution in [2.75, 3.05) is 25.5 Å². The van der Waals surface area contributed by atoms with E-state index in [4.69, 9.17) is 0 Å². The van der Waals surface area contributed by atoms with Gasteiger partial charge in [-0.1, -0.05) is 25.5 Å². The Balaban J connectivity index is 1.90. The zero-order chi connectivity index (χ0) is 17.4. The van der Waals surface area contributed by atoms with E-state index in [0.717, 1.165) is 37.1 Å². The second-order valence-electron chi connectivity index (χ2n) is 5.85. The first-order chi connectivity index (χ1) is 11.6. The summed E-state index contributed by atoms with van der Waals surface area (Å²) in [7, 11) is 1.81. The van der Waals surface area contributed by atoms with E-state index in [1.165, 1.54) is 12.1 Å². The zero-order valence-electron chi connectivity index (χ0n) is 14.3. The molecular formula is C19H24FN3O. The fourth-order valence-corrected chi connectivity index (χ4v) is 2.37. The standard InChI is InChI=1S/C19H24FN3O/c1-3-4-11-23(2)19(24)16-12-18(14-21-13-16)22-10-9-15-5-7-17(20)8-6-15/h5-8,12-14,22H,3-4,9-11H2,1-2H3. The van der Waals surface area contributed by atoms with Crippen molar-refractivity contribution >= 4 is 11.6 Å². The molecule has 0 unspecified atom stereocenters. The third-order valence-electron chi connectivity index (χ3n) is 3.84. The van der Waals surface area contributed by atoms with Crippen molar-refractivity contribution in [1.82, 2.24) is 9.88 Å². The number of carbonyl (C=O) groups is 1. The van der Waals surface area contributed by atoms with Crippen LogP contribution in [0.3, 0.4) is 0 Å². The number of carbonyl (C=O) groups excluding carboxylic acids is 1. The number of amides is 1. The fourth-order valence-electron chi connectivity index (χ4n) is 2.37. The van der Waals surface area contributed by atoms with E-state index in [9.17, 15) is 9.18 Å². The summed E-state index contributed by atoms with van der Waals surface area (Å²) in [5, 5.41) is 3.26. The third-order valence-corrected chi connectivity index (χ3v) is 3.84. The van der Waals surface area contributed by atoms with E-state index in [1.54, 1.807) is 29.4 Å². The molecule has 0 bridgehead atoms. The molecule has 1 N–H and O–H groups in total. The van der Waals surface area contributed by atoms with Crippen LogP contribution in [0.15, 0.2) is 42.7 Å². The summed E-state index contributed by atoms with van der Waals surface area (Å²) in [5.74, 6) is -0.243. The van der Waals surface area contributed by atoms with Gasteiger partial charge in [0.1, 0.15) is 5.82 Å². The Labute approximate surface area is 142 Å². The molecular weight excluding hydrogens is 305 g/mol. The highest BCUT2D eigenvalue weighted by molar-refractivity contribution is 5.94. The van der Waals surface area contributed by atoms with Crippen LogP contribution in [0, 0.1) is 5.82 Å². The van der Waals surface area contributed by atoms with E-state index in [2.05, 4.69) is 17.2 Å². The van der Waals surface area contributed by atoms with E-state index < -0.39 is 0 Å². The summed E-state index contributed by atoms with van der Waals surface area (Å²) in [5.41, 5.74) is 2.45. The Morgan fingerprint density at radius 1 is 1.25 bits per heavy atom. The minimum absolute atomic E-state index is 0.0156. The Morgan fingerprint density at radius 3 is 2.71 bits per heavy atom. The van der Waals surface area contributed by atoms with Crippen molar-refractivity contribution in [1.29, 1.82) is 0 Å². The van der Waals surface area contributed by atoms with E-state index in [1.807, 2.05) is 13.1 Å². The van der Waals surface area contributed by atoms with Crippen LogP contribution < -0.4 is 5.32 Å². The number of anilines is 1. The quantitative estimate of drug-likeness (QED) is 0.802. The lowest BCUT2D eigenvalue weighted by Gasteiger charge is -2.17. The molecule has 0 aliphatic heterocycles. The highest BCUT2D eigenvalue weighted by Gasteiger charge is 2.12. The molecule has 1 aromatic carbocycles. The summed E-state index contributed by atoms with van der Waals surface area (Å²) in [6, 6.07) is 8.29. The SMILES string of the molecule is CCCCN(C)C(=O)c1cncc(NCCc2ccc(F)cc2)c1. The second-order valence-corrected chi connectivity index (χ2v) is 5.85. The topological polar surface area (TPSA) is 45.2 Å². The molecule has 0 atom stereocenters. The number of hydrogen-bond acceptors (Lipinski definition) is 3. The van der Waals surface area contributed by atoms with E-state index in [-0.39, 0.29) is 11.7 Å². The number of hydrogen-bond donors (Lipinski definition) is 1. The lowest BCUT2D eigenvalue weighted by molar-refractivity contribution is 0.0793. The highest BCUT2D eigenvalue weighted by Crippen LogP contribution is 2.11. The molecule has 1 aromatic heterocycles. The van der Waals surface area contributed by atoms with Crippen molar-refractivity contribution in [2.24, 2.45) is 0 Å². The molecule has 24 heavy (non-hydrogen) atoms. The van der Waals surface area contributed by atoms with Gasteiger partial charge in [-0.25, -0.2) is 4.39 Å². The summed E-state index contributed by atoms with van der Waals surface area (Å²) in [4.78, 5) is 18.2. The van der Waals surface area contributed by atoms with E-state index in [0.29, 0.717) is 12.1 Å². The Kier molecular flexibility index (Phi) is 6.73. The lowest BCUT2D eigenvalue weighted by atomic mass is 10.1. The molecule has 2 rings (SSSR count). The molecule has 0 saturated heterocycles. The number of rotatable bonds is 8. The number of pyridine rings is 1. The van der Waals surface area contributed by atoms with Crippen LogP contribution in [0.1, 0.15) is 35.7 Å². The summed E-state index contributed by atoms with van der Waals surface area (Å²) >= 11 is 0. The van der Waals surface area contributed by atoms with Crippen molar-refractivity contribution in [3.8, 4) is 0 Å². The second kappa shape index (κ2) is 9.01. The molecule has 0 spiro atoms. The number of halogens is 1. The number of benzene rings is 1. The number of nitrogens with zero attached hydrogens (tertiary/aromatic N) is 2. The summed E-state index contributed by atoms with van der Waals surface area (Å²) in [6.45, 7) is 3.54. The van der Waals surface area contributed by atoms with Gasteiger partial charge in [-0.2, -0.15) is 0 Å². The predicted molar refractivity (Wildman–Crippen MR) is 94.7 cm³/mol. The maximum Gasteiger partial charge on any atom is 0.255 e. The molecule has 128 valence electrons. The largest absolute Gasteiger partial charge is 0.383 e. The number of aromatic nitrogens is 1. The van der Waals surface area contributed by atoms with Gasteiger partial charge in [0, 0.05) is 32.5 Å². The molecule has 1 heterocycles. The molecule has 0 aliphatic carbocycles. The van der Waals surface area contributed by atoms with Crippen molar-refractivity contribution in [3.63, 3.8) is 0 Å². The first-order valence-electron chi connectivity index (χ1n) is 8.29. The molecule has 1 amide bonds. The van der Waals surface area contributed by atoms with Crippen molar-refractivity contribution in [2.45, 2.75) is 26.2 Å². The van der Waals surface area contributed by atoms with Crippen LogP contribution >= 0.6 is 0 Å². The first kappa shape index (κ1) is 17.9. The minimum atomic E-state index is -0.227. The summed E-state index contributed by atoms with van der Waals surface area (Å²) < 4.78 is 12.9. The average molecular weight is 329 g/mol. The molecule has 0 aliphatic rings. The van der Waals surface area contributed by atoms with Gasteiger partial charge in [0.25, 0.3) is 5.91 Å². The Bertz CT molecular complexity index is 658. The van der Waals surface area contributed by atoms with Crippen LogP contribution in [0.4, 0.5) is 10.1 Å². The van der Waals surface area contributed by atoms with Gasteiger partial charge >= 0.3 is 0 Å². The first-order valence-corrected chi connectivity index (χ1v) is 8.29.